The molecule has 0 aliphatic heterocycles. The minimum Gasteiger partial charge on any atom is -0.216 e. The van der Waals surface area contributed by atoms with Crippen LogP contribution in [0.1, 0.15) is 25.3 Å². The molecule has 0 fully saturated rings. The van der Waals surface area contributed by atoms with Crippen molar-refractivity contribution in [3.63, 3.8) is 0 Å². The molecule has 14 heavy (non-hydrogen) atoms. The van der Waals surface area contributed by atoms with Crippen molar-refractivity contribution in [1.82, 2.24) is 0 Å². The van der Waals surface area contributed by atoms with Gasteiger partial charge in [-0.25, -0.2) is 4.39 Å². The van der Waals surface area contributed by atoms with Crippen LogP contribution in [0.2, 0.25) is 5.02 Å². The number of benzene rings is 1. The second-order valence-electron chi connectivity index (χ2n) is 3.25. The molecule has 0 radical (unpaired) electrons. The van der Waals surface area contributed by atoms with Gasteiger partial charge in [0.2, 0.25) is 0 Å². The van der Waals surface area contributed by atoms with Gasteiger partial charge in [0.15, 0.2) is 0 Å². The molecule has 1 aromatic rings. The van der Waals surface area contributed by atoms with Gasteiger partial charge in [0.1, 0.15) is 0 Å². The Morgan fingerprint density at radius 2 is 2.00 bits per heavy atom. The molecular weight excluding hydrogens is 199 g/mol. The van der Waals surface area contributed by atoms with E-state index in [1.54, 1.807) is 0 Å². The number of halogens is 2. The molecule has 0 aromatic heterocycles. The largest absolute Gasteiger partial charge is 0.216 e. The van der Waals surface area contributed by atoms with Crippen molar-refractivity contribution in [2.45, 2.75) is 26.2 Å². The standard InChI is InChI=1S/C12H14ClF/c1-2-10(9-14)3-4-11-5-7-12(13)8-6-11/h5-9H,2-4H2,1H3/b10-9+. The van der Waals surface area contributed by atoms with E-state index in [0.717, 1.165) is 36.2 Å². The molecule has 0 amide bonds. The van der Waals surface area contributed by atoms with E-state index in [1.807, 2.05) is 31.2 Å². The maximum Gasteiger partial charge on any atom is 0.0858 e. The maximum atomic E-state index is 12.2. The van der Waals surface area contributed by atoms with Crippen molar-refractivity contribution >= 4 is 11.6 Å². The minimum absolute atomic E-state index is 0.718. The van der Waals surface area contributed by atoms with Crippen LogP contribution in [0.25, 0.3) is 0 Å². The van der Waals surface area contributed by atoms with Gasteiger partial charge >= 0.3 is 0 Å². The Hall–Kier alpha value is -0.820. The van der Waals surface area contributed by atoms with Crippen molar-refractivity contribution in [2.24, 2.45) is 0 Å². The predicted octanol–water partition coefficient (Wildman–Crippen LogP) is 4.54. The van der Waals surface area contributed by atoms with Crippen molar-refractivity contribution in [2.75, 3.05) is 0 Å². The van der Waals surface area contributed by atoms with Crippen LogP contribution >= 0.6 is 11.6 Å². The zero-order valence-corrected chi connectivity index (χ0v) is 9.02. The first-order chi connectivity index (χ1) is 6.76. The SMILES string of the molecule is CC/C(=C\F)CCc1ccc(Cl)cc1. The third-order valence-corrected chi connectivity index (χ3v) is 2.51. The summed E-state index contributed by atoms with van der Waals surface area (Å²) in [6.07, 6.45) is 3.16. The summed E-state index contributed by atoms with van der Waals surface area (Å²) in [5.41, 5.74) is 2.06. The molecule has 0 aliphatic rings. The van der Waals surface area contributed by atoms with Crippen LogP contribution in [-0.2, 0) is 6.42 Å². The van der Waals surface area contributed by atoms with Gasteiger partial charge in [0.05, 0.1) is 6.33 Å². The van der Waals surface area contributed by atoms with Crippen LogP contribution in [0.4, 0.5) is 4.39 Å². The number of hydrogen-bond donors (Lipinski definition) is 0. The number of rotatable bonds is 4. The van der Waals surface area contributed by atoms with Gasteiger partial charge in [-0.3, -0.25) is 0 Å². The van der Waals surface area contributed by atoms with Gasteiger partial charge in [0.25, 0.3) is 0 Å². The van der Waals surface area contributed by atoms with Crippen molar-refractivity contribution in [1.29, 1.82) is 0 Å². The molecule has 0 unspecified atom stereocenters. The average molecular weight is 213 g/mol. The highest BCUT2D eigenvalue weighted by molar-refractivity contribution is 6.30. The molecule has 76 valence electrons. The van der Waals surface area contributed by atoms with Crippen LogP contribution in [-0.4, -0.2) is 0 Å². The van der Waals surface area contributed by atoms with E-state index < -0.39 is 0 Å². The van der Waals surface area contributed by atoms with Gasteiger partial charge in [-0.05, 0) is 42.5 Å². The normalized spacial score (nSPS) is 11.8. The van der Waals surface area contributed by atoms with Crippen molar-refractivity contribution < 1.29 is 4.39 Å². The molecule has 0 aliphatic carbocycles. The lowest BCUT2D eigenvalue weighted by Gasteiger charge is -2.02. The Kier molecular flexibility index (Phi) is 4.68. The number of hydrogen-bond acceptors (Lipinski definition) is 0. The smallest absolute Gasteiger partial charge is 0.0858 e. The van der Waals surface area contributed by atoms with Gasteiger partial charge in [-0.1, -0.05) is 30.7 Å². The average Bonchev–Trinajstić information content (AvgIpc) is 2.22. The highest BCUT2D eigenvalue weighted by Crippen LogP contribution is 2.14. The second-order valence-corrected chi connectivity index (χ2v) is 3.68. The number of allylic oxidation sites excluding steroid dienone is 1. The summed E-state index contributed by atoms with van der Waals surface area (Å²) in [6.45, 7) is 1.97. The van der Waals surface area contributed by atoms with Crippen molar-refractivity contribution in [3.05, 3.63) is 46.8 Å². The molecule has 0 nitrogen and oxygen atoms in total. The third-order valence-electron chi connectivity index (χ3n) is 2.26. The molecule has 2 heteroatoms. The number of aryl methyl sites for hydroxylation is 1. The molecular formula is C12H14ClF. The molecule has 1 rings (SSSR count). The Morgan fingerprint density at radius 3 is 2.50 bits per heavy atom. The predicted molar refractivity (Wildman–Crippen MR) is 59.3 cm³/mol. The summed E-state index contributed by atoms with van der Waals surface area (Å²) in [5.74, 6) is 0. The molecule has 0 N–H and O–H groups in total. The van der Waals surface area contributed by atoms with E-state index in [-0.39, 0.29) is 0 Å². The summed E-state index contributed by atoms with van der Waals surface area (Å²) >= 11 is 5.76. The third kappa shape index (κ3) is 3.51. The summed E-state index contributed by atoms with van der Waals surface area (Å²) in [4.78, 5) is 0. The van der Waals surface area contributed by atoms with Crippen LogP contribution in [0.5, 0.6) is 0 Å². The topological polar surface area (TPSA) is 0 Å². The first kappa shape index (κ1) is 11.3. The lowest BCUT2D eigenvalue weighted by Crippen LogP contribution is -1.87. The molecule has 1 aromatic carbocycles. The maximum absolute atomic E-state index is 12.2. The molecule has 0 atom stereocenters. The molecule has 0 bridgehead atoms. The monoisotopic (exact) mass is 212 g/mol. The van der Waals surface area contributed by atoms with E-state index in [9.17, 15) is 4.39 Å². The quantitative estimate of drug-likeness (QED) is 0.688. The molecule has 0 saturated heterocycles. The summed E-state index contributed by atoms with van der Waals surface area (Å²) in [7, 11) is 0. The first-order valence-electron chi connectivity index (χ1n) is 4.79. The summed E-state index contributed by atoms with van der Waals surface area (Å²) in [6, 6.07) is 7.69. The Morgan fingerprint density at radius 1 is 1.36 bits per heavy atom. The van der Waals surface area contributed by atoms with Gasteiger partial charge < -0.3 is 0 Å². The molecule has 0 spiro atoms. The van der Waals surface area contributed by atoms with Crippen LogP contribution in [0.15, 0.2) is 36.2 Å². The van der Waals surface area contributed by atoms with Gasteiger partial charge in [0, 0.05) is 5.02 Å². The van der Waals surface area contributed by atoms with Crippen LogP contribution in [0, 0.1) is 0 Å². The summed E-state index contributed by atoms with van der Waals surface area (Å²) in [5, 5.41) is 0.741. The fraction of sp³-hybridized carbons (Fsp3) is 0.333. The Balaban J connectivity index is 2.49. The second kappa shape index (κ2) is 5.82. The van der Waals surface area contributed by atoms with E-state index in [2.05, 4.69) is 0 Å². The lowest BCUT2D eigenvalue weighted by molar-refractivity contribution is 0.687. The summed E-state index contributed by atoms with van der Waals surface area (Å²) < 4.78 is 12.2. The lowest BCUT2D eigenvalue weighted by atomic mass is 10.0. The fourth-order valence-electron chi connectivity index (χ4n) is 1.26. The zero-order valence-electron chi connectivity index (χ0n) is 8.26. The highest BCUT2D eigenvalue weighted by atomic mass is 35.5. The minimum atomic E-state index is 0.718. The van der Waals surface area contributed by atoms with Gasteiger partial charge in [-0.2, -0.15) is 0 Å². The van der Waals surface area contributed by atoms with E-state index in [4.69, 9.17) is 11.6 Å². The molecule has 0 heterocycles. The van der Waals surface area contributed by atoms with Crippen molar-refractivity contribution in [3.8, 4) is 0 Å². The fourth-order valence-corrected chi connectivity index (χ4v) is 1.39. The zero-order chi connectivity index (χ0) is 10.4. The molecule has 0 saturated carbocycles. The van der Waals surface area contributed by atoms with Crippen LogP contribution < -0.4 is 0 Å². The van der Waals surface area contributed by atoms with Crippen LogP contribution in [0.3, 0.4) is 0 Å². The van der Waals surface area contributed by atoms with E-state index >= 15 is 0 Å². The van der Waals surface area contributed by atoms with E-state index in [1.165, 1.54) is 5.56 Å². The van der Waals surface area contributed by atoms with Gasteiger partial charge in [-0.15, -0.1) is 0 Å². The Labute approximate surface area is 89.4 Å². The highest BCUT2D eigenvalue weighted by Gasteiger charge is 1.97. The first-order valence-corrected chi connectivity index (χ1v) is 5.16. The Bertz CT molecular complexity index is 301. The van der Waals surface area contributed by atoms with E-state index in [0.29, 0.717) is 0 Å².